The second-order valence-corrected chi connectivity index (χ2v) is 35.0. The minimum absolute atomic E-state index is 0.0150. The highest BCUT2D eigenvalue weighted by molar-refractivity contribution is 8.00. The number of ether oxygens (including phenoxy) is 2. The molecule has 0 radical (unpaired) electrons. The molecule has 9 rings (SSSR count). The molecular formula is C93H119FN16O20S. The standard InChI is InChI=1S/C93H119FN16O20S/c1-10-11-23-75-92(127)110-39-18-25-74(110)87(122)102-70(48-129-52-111)85(120)105-80(55(4)5)93(128)107(8)76(43-60-28-26-56(6)27-29-60)88(123)103-71(49-130-53-112)90(125)109-38-17-24-73(109)86(121)101-68(45-61-46-96-65-22-16-15-21-64(61)65)84(119)100-67(41-59-32-36-63(113)37-33-59)83(118)99-66(40-54(2)3)82(117)104-72(81(116)97-47-78(95)114)50-131-51-79(115)98-69(42-58-30-34-62(94)35-31-58)89(124)108(9)77(91(126)106(75)7)44-57-19-13-12-14-20-57/h12-16,19-22,26-37,46,52-55,66-77,80,96,113H,10-11,17-18,23-25,38-45,47-51H2,1-9H3,(H2,95,114)(H,97,116)(H,98,115)(H,99,118)(H,100,119)(H,101,121)(H,102,122)(H,103,123)(H,104,117)(H,105,120)/t66-,67-,68-,69-,70-,71-,72-,73+,74+,75-,76-,77-,80-/m0/s1. The lowest BCUT2D eigenvalue weighted by atomic mass is 9.98. The fraction of sp³-hybridized carbons (Fsp3) is 0.473. The van der Waals surface area contributed by atoms with Crippen molar-refractivity contribution in [3.05, 3.63) is 173 Å². The number of H-pyrrole nitrogens is 1. The van der Waals surface area contributed by atoms with Gasteiger partial charge < -0.3 is 97.6 Å². The Labute approximate surface area is 763 Å². The smallest absolute Gasteiger partial charge is 0.293 e. The average Bonchev–Trinajstić information content (AvgIpc) is 1.32. The van der Waals surface area contributed by atoms with Crippen LogP contribution in [0.1, 0.15) is 119 Å². The Balaban J connectivity index is 1.12. The average molecular weight is 1830 g/mol. The molecule has 131 heavy (non-hydrogen) atoms. The summed E-state index contributed by atoms with van der Waals surface area (Å²) in [6, 6.07) is 13.5. The number of hydrogen-bond donors (Lipinski definition) is 12. The molecule has 13 N–H and O–H groups in total. The number of halogens is 1. The number of aromatic amines is 1. The molecule has 36 nitrogen and oxygen atoms in total. The number of hydrogen-bond acceptors (Lipinski definition) is 21. The number of fused-ring (bicyclic) bond motifs is 3. The van der Waals surface area contributed by atoms with Gasteiger partial charge in [0.25, 0.3) is 12.9 Å². The number of likely N-dealkylation sites (N-methyl/N-ethyl adjacent to an activating group) is 3. The molecule has 3 fully saturated rings. The number of carbonyl (C=O) groups excluding carboxylic acids is 17. The zero-order valence-electron chi connectivity index (χ0n) is 75.0. The van der Waals surface area contributed by atoms with Gasteiger partial charge in [0.05, 0.1) is 12.3 Å². The van der Waals surface area contributed by atoms with Gasteiger partial charge >= 0.3 is 0 Å². The molecule has 0 saturated carbocycles. The number of carbonyl (C=O) groups is 17. The number of aromatic nitrogens is 1. The molecule has 704 valence electrons. The maximum atomic E-state index is 15.7. The van der Waals surface area contributed by atoms with E-state index in [2.05, 4.69) is 52.8 Å². The second-order valence-electron chi connectivity index (χ2n) is 34.0. The SMILES string of the molecule is CCCC[C@H]1C(=O)N2CCC[C@@H]2C(=O)N[C@@H](COC=O)C(=O)N[C@@H](C(C)C)C(=O)N(C)[C@@H](Cc2ccc(C)cc2)C(=O)N[C@@H](COC=O)C(=O)N2CCC[C@@H]2C(=O)N[C@@H](Cc2c[nH]c3ccccc23)C(=O)N[C@@H](Cc2ccc(O)cc2)C(=O)N[C@@H](CC(C)C)C(=O)N[C@H](C(=O)NCC(N)=O)CSCC(=O)N[C@@H](Cc2ccc(F)cc2)C(=O)N(C)[C@@H](Cc2ccccc2)C(=O)N1C. The highest BCUT2D eigenvalue weighted by Gasteiger charge is 2.46. The van der Waals surface area contributed by atoms with E-state index in [0.29, 0.717) is 51.6 Å². The fourth-order valence-electron chi connectivity index (χ4n) is 16.2. The van der Waals surface area contributed by atoms with Gasteiger partial charge in [0.15, 0.2) is 0 Å². The van der Waals surface area contributed by atoms with E-state index in [0.717, 1.165) is 44.2 Å². The second kappa shape index (κ2) is 48.9. The van der Waals surface area contributed by atoms with Crippen molar-refractivity contribution in [1.82, 2.24) is 77.3 Å². The number of nitrogens with one attached hydrogen (secondary N) is 10. The first-order valence-corrected chi connectivity index (χ1v) is 45.0. The molecule has 5 aromatic carbocycles. The molecule has 0 bridgehead atoms. The number of thioether (sulfide) groups is 1. The van der Waals surface area contributed by atoms with E-state index in [1.54, 1.807) is 113 Å². The van der Waals surface area contributed by atoms with Crippen LogP contribution in [0.4, 0.5) is 4.39 Å². The van der Waals surface area contributed by atoms with Gasteiger partial charge in [-0.15, -0.1) is 11.8 Å². The first-order chi connectivity index (χ1) is 62.6. The number of primary amides is 1. The summed E-state index contributed by atoms with van der Waals surface area (Å²) in [6.45, 7) is 7.95. The van der Waals surface area contributed by atoms with E-state index in [1.807, 2.05) is 13.8 Å². The number of rotatable bonds is 25. The van der Waals surface area contributed by atoms with E-state index < -0.39 is 210 Å². The molecule has 15 amide bonds. The molecule has 13 atom stereocenters. The number of benzene rings is 5. The van der Waals surface area contributed by atoms with Crippen LogP contribution < -0.4 is 53.6 Å². The van der Waals surface area contributed by atoms with Crippen LogP contribution in [0, 0.1) is 24.6 Å². The first-order valence-electron chi connectivity index (χ1n) is 43.8. The van der Waals surface area contributed by atoms with E-state index >= 15 is 47.9 Å². The Hall–Kier alpha value is -13.3. The molecule has 3 aliphatic rings. The van der Waals surface area contributed by atoms with Gasteiger partial charge in [-0.2, -0.15) is 0 Å². The van der Waals surface area contributed by atoms with Crippen molar-refractivity contribution in [2.75, 3.05) is 65.5 Å². The normalized spacial score (nSPS) is 23.7. The van der Waals surface area contributed by atoms with Crippen molar-refractivity contribution in [3.63, 3.8) is 0 Å². The van der Waals surface area contributed by atoms with Crippen molar-refractivity contribution in [3.8, 4) is 5.75 Å². The summed E-state index contributed by atoms with van der Waals surface area (Å²) in [6.07, 6.45) is 1.66. The summed E-state index contributed by atoms with van der Waals surface area (Å²) in [5, 5.41) is 35.1. The van der Waals surface area contributed by atoms with Crippen LogP contribution in [0.15, 0.2) is 134 Å². The zero-order valence-corrected chi connectivity index (χ0v) is 75.8. The van der Waals surface area contributed by atoms with Gasteiger partial charge in [-0.1, -0.05) is 150 Å². The number of amides is 15. The number of aromatic hydroxyl groups is 1. The molecule has 38 heteroatoms. The molecule has 3 aliphatic heterocycles. The van der Waals surface area contributed by atoms with Crippen molar-refractivity contribution < 1.29 is 100 Å². The van der Waals surface area contributed by atoms with Crippen molar-refractivity contribution in [1.29, 1.82) is 0 Å². The third-order valence-electron chi connectivity index (χ3n) is 23.4. The van der Waals surface area contributed by atoms with Crippen LogP contribution in [0.3, 0.4) is 0 Å². The summed E-state index contributed by atoms with van der Waals surface area (Å²) < 4.78 is 24.9. The predicted octanol–water partition coefficient (Wildman–Crippen LogP) is 1.76. The highest BCUT2D eigenvalue weighted by Crippen LogP contribution is 2.28. The van der Waals surface area contributed by atoms with Gasteiger partial charge in [0, 0.05) is 89.2 Å². The van der Waals surface area contributed by atoms with Crippen LogP contribution in [0.5, 0.6) is 5.75 Å². The molecule has 6 aromatic rings. The van der Waals surface area contributed by atoms with Crippen LogP contribution in [0.2, 0.25) is 0 Å². The maximum absolute atomic E-state index is 15.7. The molecular weight excluding hydrogens is 1710 g/mol. The number of aryl methyl sites for hydroxylation is 1. The minimum atomic E-state index is -1.77. The molecule has 4 heterocycles. The molecule has 0 aliphatic carbocycles. The maximum Gasteiger partial charge on any atom is 0.293 e. The topological polar surface area (TPSA) is 495 Å². The molecule has 0 spiro atoms. The lowest BCUT2D eigenvalue weighted by Crippen LogP contribution is -2.62. The van der Waals surface area contributed by atoms with Gasteiger partial charge in [0.2, 0.25) is 88.6 Å². The third-order valence-corrected chi connectivity index (χ3v) is 24.5. The Kier molecular flexibility index (Phi) is 37.9. The summed E-state index contributed by atoms with van der Waals surface area (Å²) in [4.78, 5) is 258. The fourth-order valence-corrected chi connectivity index (χ4v) is 17.0. The minimum Gasteiger partial charge on any atom is -0.508 e. The Morgan fingerprint density at radius 2 is 1.04 bits per heavy atom. The highest BCUT2D eigenvalue weighted by atomic mass is 32.2. The number of phenols is 1. The summed E-state index contributed by atoms with van der Waals surface area (Å²) in [5.41, 5.74) is 9.28. The number of phenolic OH excluding ortho intramolecular Hbond substituents is 1. The Bertz CT molecular complexity index is 5030. The van der Waals surface area contributed by atoms with E-state index in [1.165, 1.54) is 67.3 Å². The van der Waals surface area contributed by atoms with Gasteiger partial charge in [-0.05, 0) is 115 Å². The quantitative estimate of drug-likeness (QED) is 0.0363. The zero-order chi connectivity index (χ0) is 95.3. The molecule has 3 saturated heterocycles. The Morgan fingerprint density at radius 1 is 0.534 bits per heavy atom. The van der Waals surface area contributed by atoms with E-state index in [4.69, 9.17) is 15.2 Å². The van der Waals surface area contributed by atoms with Crippen molar-refractivity contribution in [2.45, 2.75) is 204 Å². The lowest BCUT2D eigenvalue weighted by molar-refractivity contribution is -0.152. The molecule has 1 aromatic heterocycles. The number of nitrogens with two attached hydrogens (primary N) is 1. The van der Waals surface area contributed by atoms with Gasteiger partial charge in [-0.25, -0.2) is 4.39 Å². The van der Waals surface area contributed by atoms with Crippen LogP contribution >= 0.6 is 11.8 Å². The first kappa shape index (κ1) is 101. The van der Waals surface area contributed by atoms with Crippen LogP contribution in [-0.4, -0.2) is 280 Å². The number of nitrogens with zero attached hydrogens (tertiary/aromatic N) is 5. The summed E-state index contributed by atoms with van der Waals surface area (Å²) >= 11 is 0.792. The van der Waals surface area contributed by atoms with Crippen molar-refractivity contribution >= 4 is 124 Å². The van der Waals surface area contributed by atoms with Gasteiger partial charge in [-0.3, -0.25) is 81.5 Å². The van der Waals surface area contributed by atoms with E-state index in [-0.39, 0.29) is 108 Å². The molecule has 0 unspecified atom stereocenters. The number of unbranched alkanes of at least 4 members (excludes halogenated alkanes) is 1. The number of para-hydroxylation sites is 1. The van der Waals surface area contributed by atoms with Crippen molar-refractivity contribution in [2.24, 2.45) is 17.6 Å². The summed E-state index contributed by atoms with van der Waals surface area (Å²) in [7, 11) is 4.01. The monoisotopic (exact) mass is 1830 g/mol. The van der Waals surface area contributed by atoms with Crippen LogP contribution in [0.25, 0.3) is 10.9 Å². The predicted molar refractivity (Wildman–Crippen MR) is 481 cm³/mol. The lowest BCUT2D eigenvalue weighted by Gasteiger charge is -2.38. The largest absolute Gasteiger partial charge is 0.508 e. The van der Waals surface area contributed by atoms with E-state index in [9.17, 15) is 43.1 Å². The van der Waals surface area contributed by atoms with Gasteiger partial charge in [0.1, 0.15) is 103 Å². The third kappa shape index (κ3) is 28.6. The Morgan fingerprint density at radius 3 is 1.65 bits per heavy atom. The van der Waals surface area contributed by atoms with Crippen LogP contribution in [-0.2, 0) is 123 Å². The summed E-state index contributed by atoms with van der Waals surface area (Å²) in [5.74, 6) is -16.4.